The number of non-ortho nitro benzene ring substituents is 1. The molecular formula is C33H34N2O6. The SMILES string of the molecule is CC1=C(C(=O)OC(C)c2ccc(C)cc2)C(c2cccc([N+](=O)[O-])c2)C(C(=O)OC(C)c2ccc(C)cc2)=C(C)N1. The minimum atomic E-state index is -0.952. The Labute approximate surface area is 239 Å². The summed E-state index contributed by atoms with van der Waals surface area (Å²) >= 11 is 0. The van der Waals surface area contributed by atoms with E-state index in [0.717, 1.165) is 22.3 Å². The highest BCUT2D eigenvalue weighted by Gasteiger charge is 2.39. The number of benzene rings is 3. The number of nitro groups is 1. The van der Waals surface area contributed by atoms with E-state index >= 15 is 0 Å². The van der Waals surface area contributed by atoms with Crippen molar-refractivity contribution in [3.63, 3.8) is 0 Å². The Morgan fingerprint density at radius 3 is 1.61 bits per heavy atom. The average molecular weight is 555 g/mol. The molecule has 8 heteroatoms. The number of nitrogens with zero attached hydrogens (tertiary/aromatic N) is 1. The van der Waals surface area contributed by atoms with Crippen molar-refractivity contribution in [3.05, 3.63) is 133 Å². The Hall–Kier alpha value is -4.72. The van der Waals surface area contributed by atoms with Crippen molar-refractivity contribution in [1.82, 2.24) is 5.32 Å². The molecule has 41 heavy (non-hydrogen) atoms. The number of hydrogen-bond donors (Lipinski definition) is 1. The molecule has 0 amide bonds. The summed E-state index contributed by atoms with van der Waals surface area (Å²) in [4.78, 5) is 38.7. The van der Waals surface area contributed by atoms with Crippen LogP contribution in [0.1, 0.15) is 73.6 Å². The van der Waals surface area contributed by atoms with Crippen molar-refractivity contribution in [3.8, 4) is 0 Å². The summed E-state index contributed by atoms with van der Waals surface area (Å²) in [5.74, 6) is -2.22. The standard InChI is InChI=1S/C33H34N2O6/c1-19-10-14-25(15-11-19)23(5)40-32(36)29-21(3)34-22(4)30(31(29)27-8-7-9-28(18-27)35(38)39)33(37)41-24(6)26-16-12-20(2)13-17-26/h7-18,23-24,31,34H,1-6H3. The second kappa shape index (κ2) is 12.2. The molecule has 2 unspecified atom stereocenters. The molecule has 0 spiro atoms. The van der Waals surface area contributed by atoms with Crippen LogP contribution in [0.5, 0.6) is 0 Å². The molecule has 0 saturated carbocycles. The third kappa shape index (κ3) is 6.54. The molecule has 3 aromatic carbocycles. The molecule has 1 heterocycles. The van der Waals surface area contributed by atoms with Gasteiger partial charge in [0.2, 0.25) is 0 Å². The van der Waals surface area contributed by atoms with E-state index < -0.39 is 35.0 Å². The van der Waals surface area contributed by atoms with E-state index in [1.165, 1.54) is 18.2 Å². The highest BCUT2D eigenvalue weighted by atomic mass is 16.6. The fourth-order valence-corrected chi connectivity index (χ4v) is 4.95. The minimum Gasteiger partial charge on any atom is -0.454 e. The lowest BCUT2D eigenvalue weighted by molar-refractivity contribution is -0.384. The summed E-state index contributed by atoms with van der Waals surface area (Å²) in [6.45, 7) is 10.9. The van der Waals surface area contributed by atoms with Crippen molar-refractivity contribution in [2.24, 2.45) is 0 Å². The Balaban J connectivity index is 1.73. The number of nitro benzene ring substituents is 1. The number of allylic oxidation sites excluding steroid dienone is 2. The van der Waals surface area contributed by atoms with Gasteiger partial charge in [-0.2, -0.15) is 0 Å². The molecule has 1 aliphatic heterocycles. The van der Waals surface area contributed by atoms with Crippen molar-refractivity contribution >= 4 is 17.6 Å². The molecular weight excluding hydrogens is 520 g/mol. The first-order valence-electron chi connectivity index (χ1n) is 13.4. The number of aryl methyl sites for hydroxylation is 2. The zero-order valence-electron chi connectivity index (χ0n) is 24.1. The molecule has 1 aliphatic rings. The highest BCUT2D eigenvalue weighted by molar-refractivity contribution is 6.00. The van der Waals surface area contributed by atoms with Crippen LogP contribution >= 0.6 is 0 Å². The van der Waals surface area contributed by atoms with Crippen molar-refractivity contribution < 1.29 is 24.0 Å². The van der Waals surface area contributed by atoms with Crippen LogP contribution in [0, 0.1) is 24.0 Å². The summed E-state index contributed by atoms with van der Waals surface area (Å²) in [5, 5.41) is 14.8. The Morgan fingerprint density at radius 1 is 0.756 bits per heavy atom. The quantitative estimate of drug-likeness (QED) is 0.180. The molecule has 0 bridgehead atoms. The van der Waals surface area contributed by atoms with Gasteiger partial charge >= 0.3 is 11.9 Å². The molecule has 0 radical (unpaired) electrons. The summed E-state index contributed by atoms with van der Waals surface area (Å²) in [6.07, 6.45) is -1.14. The lowest BCUT2D eigenvalue weighted by Crippen LogP contribution is -2.33. The predicted octanol–water partition coefficient (Wildman–Crippen LogP) is 7.06. The van der Waals surface area contributed by atoms with Gasteiger partial charge in [0.05, 0.1) is 22.0 Å². The van der Waals surface area contributed by atoms with Crippen LogP contribution in [0.25, 0.3) is 0 Å². The maximum atomic E-state index is 13.8. The normalized spacial score (nSPS) is 16.5. The average Bonchev–Trinajstić information content (AvgIpc) is 2.93. The zero-order valence-corrected chi connectivity index (χ0v) is 24.1. The van der Waals surface area contributed by atoms with Gasteiger partial charge in [0, 0.05) is 23.5 Å². The predicted molar refractivity (Wildman–Crippen MR) is 156 cm³/mol. The first-order valence-corrected chi connectivity index (χ1v) is 13.4. The summed E-state index contributed by atoms with van der Waals surface area (Å²) < 4.78 is 11.8. The van der Waals surface area contributed by atoms with E-state index in [0.29, 0.717) is 17.0 Å². The van der Waals surface area contributed by atoms with Crippen LogP contribution in [-0.2, 0) is 19.1 Å². The Morgan fingerprint density at radius 2 is 1.20 bits per heavy atom. The third-order valence-electron chi connectivity index (χ3n) is 7.28. The molecule has 3 aromatic rings. The van der Waals surface area contributed by atoms with Crippen molar-refractivity contribution in [1.29, 1.82) is 0 Å². The Kier molecular flexibility index (Phi) is 8.71. The first-order chi connectivity index (χ1) is 19.5. The number of ether oxygens (including phenoxy) is 2. The number of rotatable bonds is 8. The van der Waals surface area contributed by atoms with Gasteiger partial charge in [0.1, 0.15) is 12.2 Å². The molecule has 212 valence electrons. The minimum absolute atomic E-state index is 0.155. The number of hydrogen-bond acceptors (Lipinski definition) is 7. The van der Waals surface area contributed by atoms with Crippen LogP contribution in [0.15, 0.2) is 95.3 Å². The van der Waals surface area contributed by atoms with Crippen molar-refractivity contribution in [2.45, 2.75) is 59.7 Å². The van der Waals surface area contributed by atoms with Gasteiger partial charge in [-0.25, -0.2) is 9.59 Å². The fourth-order valence-electron chi connectivity index (χ4n) is 4.95. The number of nitrogens with one attached hydrogen (secondary N) is 1. The third-order valence-corrected chi connectivity index (χ3v) is 7.28. The second-order valence-corrected chi connectivity index (χ2v) is 10.4. The topological polar surface area (TPSA) is 108 Å². The molecule has 0 aliphatic carbocycles. The number of dihydropyridines is 1. The lowest BCUT2D eigenvalue weighted by atomic mass is 9.80. The fraction of sp³-hybridized carbons (Fsp3) is 0.273. The van der Waals surface area contributed by atoms with Gasteiger partial charge in [-0.05, 0) is 58.2 Å². The molecule has 0 saturated heterocycles. The maximum absolute atomic E-state index is 13.8. The largest absolute Gasteiger partial charge is 0.454 e. The van der Waals surface area contributed by atoms with E-state index in [1.54, 1.807) is 33.8 Å². The molecule has 0 fully saturated rings. The van der Waals surface area contributed by atoms with E-state index in [1.807, 2.05) is 62.4 Å². The summed E-state index contributed by atoms with van der Waals surface area (Å²) in [6, 6.07) is 21.3. The van der Waals surface area contributed by atoms with Crippen LogP contribution in [0.3, 0.4) is 0 Å². The van der Waals surface area contributed by atoms with Crippen LogP contribution in [0.4, 0.5) is 5.69 Å². The first kappa shape index (κ1) is 29.3. The number of carbonyl (C=O) groups is 2. The van der Waals surface area contributed by atoms with Crippen LogP contribution in [-0.4, -0.2) is 16.9 Å². The number of carbonyl (C=O) groups excluding carboxylic acids is 2. The highest BCUT2D eigenvalue weighted by Crippen LogP contribution is 2.41. The van der Waals surface area contributed by atoms with E-state index in [4.69, 9.17) is 9.47 Å². The van der Waals surface area contributed by atoms with Crippen LogP contribution in [0.2, 0.25) is 0 Å². The summed E-state index contributed by atoms with van der Waals surface area (Å²) in [5.41, 5.74) is 5.39. The monoisotopic (exact) mass is 554 g/mol. The summed E-state index contributed by atoms with van der Waals surface area (Å²) in [7, 11) is 0. The molecule has 1 N–H and O–H groups in total. The second-order valence-electron chi connectivity index (χ2n) is 10.4. The van der Waals surface area contributed by atoms with Crippen LogP contribution < -0.4 is 5.32 Å². The van der Waals surface area contributed by atoms with Gasteiger partial charge < -0.3 is 14.8 Å². The zero-order chi connectivity index (χ0) is 29.8. The molecule has 2 atom stereocenters. The molecule has 8 nitrogen and oxygen atoms in total. The smallest absolute Gasteiger partial charge is 0.337 e. The molecule has 0 aromatic heterocycles. The Bertz CT molecular complexity index is 1450. The van der Waals surface area contributed by atoms with E-state index in [9.17, 15) is 19.7 Å². The lowest BCUT2D eigenvalue weighted by Gasteiger charge is -2.31. The van der Waals surface area contributed by atoms with Gasteiger partial charge in [0.15, 0.2) is 0 Å². The van der Waals surface area contributed by atoms with E-state index in [2.05, 4.69) is 5.32 Å². The van der Waals surface area contributed by atoms with Gasteiger partial charge in [-0.1, -0.05) is 71.8 Å². The maximum Gasteiger partial charge on any atom is 0.337 e. The van der Waals surface area contributed by atoms with Crippen molar-refractivity contribution in [2.75, 3.05) is 0 Å². The van der Waals surface area contributed by atoms with Gasteiger partial charge in [0.25, 0.3) is 5.69 Å². The van der Waals surface area contributed by atoms with E-state index in [-0.39, 0.29) is 16.8 Å². The van der Waals surface area contributed by atoms with Gasteiger partial charge in [-0.15, -0.1) is 0 Å². The molecule has 4 rings (SSSR count). The van der Waals surface area contributed by atoms with Gasteiger partial charge in [-0.3, -0.25) is 10.1 Å². The number of esters is 2.